The molecule has 29 heavy (non-hydrogen) atoms. The van der Waals surface area contributed by atoms with E-state index < -0.39 is 65.8 Å². The van der Waals surface area contributed by atoms with E-state index in [0.717, 1.165) is 0 Å². The Morgan fingerprint density at radius 1 is 0.793 bits per heavy atom. The first-order valence-corrected chi connectivity index (χ1v) is 6.97. The molecular formula is C13H11F13O3. The highest BCUT2D eigenvalue weighted by molar-refractivity contribution is 5.86. The van der Waals surface area contributed by atoms with E-state index in [1.165, 1.54) is 0 Å². The minimum Gasteiger partial charge on any atom is -0.478 e. The number of hydrogen-bond acceptors (Lipinski definition) is 2. The topological polar surface area (TPSA) is 57.5 Å². The molecule has 0 aliphatic carbocycles. The number of rotatable bonds is 9. The predicted octanol–water partition coefficient (Wildman–Crippen LogP) is 4.75. The number of aliphatic hydroxyl groups is 1. The van der Waals surface area contributed by atoms with Crippen molar-refractivity contribution in [2.75, 3.05) is 0 Å². The number of hydrogen-bond donors (Lipinski definition) is 2. The van der Waals surface area contributed by atoms with Crippen LogP contribution in [0.3, 0.4) is 0 Å². The van der Waals surface area contributed by atoms with Crippen LogP contribution in [0.2, 0.25) is 0 Å². The second-order valence-corrected chi connectivity index (χ2v) is 5.89. The lowest BCUT2D eigenvalue weighted by molar-refractivity contribution is -0.442. The Balaban J connectivity index is 6.66. The lowest BCUT2D eigenvalue weighted by Gasteiger charge is -2.42. The van der Waals surface area contributed by atoms with Gasteiger partial charge in [-0.1, -0.05) is 6.58 Å². The molecule has 0 rings (SSSR count). The van der Waals surface area contributed by atoms with E-state index in [2.05, 4.69) is 6.58 Å². The zero-order chi connectivity index (χ0) is 24.0. The third-order valence-corrected chi connectivity index (χ3v) is 3.67. The fourth-order valence-corrected chi connectivity index (χ4v) is 2.00. The van der Waals surface area contributed by atoms with Crippen molar-refractivity contribution in [3.8, 4) is 0 Å². The first kappa shape index (κ1) is 27.3. The number of aliphatic carboxylic acids is 1. The molecule has 172 valence electrons. The van der Waals surface area contributed by atoms with E-state index in [4.69, 9.17) is 10.2 Å². The van der Waals surface area contributed by atoms with Crippen LogP contribution in [0.15, 0.2) is 12.2 Å². The predicted molar refractivity (Wildman–Crippen MR) is 67.4 cm³/mol. The van der Waals surface area contributed by atoms with Crippen LogP contribution in [0.25, 0.3) is 0 Å². The maximum absolute atomic E-state index is 14.0. The molecule has 0 saturated carbocycles. The van der Waals surface area contributed by atoms with Gasteiger partial charge in [-0.2, -0.15) is 57.1 Å². The van der Waals surface area contributed by atoms with Gasteiger partial charge >= 0.3 is 41.8 Å². The summed E-state index contributed by atoms with van der Waals surface area (Å²) in [4.78, 5) is 10.7. The highest BCUT2D eigenvalue weighted by atomic mass is 19.4. The molecule has 2 N–H and O–H groups in total. The Morgan fingerprint density at radius 3 is 1.41 bits per heavy atom. The summed E-state index contributed by atoms with van der Waals surface area (Å²) in [5.74, 6) is -44.7. The van der Waals surface area contributed by atoms with Crippen LogP contribution in [-0.2, 0) is 4.79 Å². The number of alkyl halides is 13. The molecule has 0 bridgehead atoms. The summed E-state index contributed by atoms with van der Waals surface area (Å²) in [7, 11) is 0. The van der Waals surface area contributed by atoms with Gasteiger partial charge in [0.2, 0.25) is 0 Å². The van der Waals surface area contributed by atoms with Crippen LogP contribution < -0.4 is 0 Å². The van der Waals surface area contributed by atoms with Crippen molar-refractivity contribution < 1.29 is 72.1 Å². The van der Waals surface area contributed by atoms with E-state index in [0.29, 0.717) is 6.92 Å². The van der Waals surface area contributed by atoms with Crippen LogP contribution in [-0.4, -0.2) is 58.1 Å². The normalized spacial score (nSPS) is 17.1. The molecular weight excluding hydrogens is 451 g/mol. The number of carbonyl (C=O) groups is 1. The van der Waals surface area contributed by atoms with Gasteiger partial charge in [0.25, 0.3) is 0 Å². The maximum Gasteiger partial charge on any atom is 0.460 e. The largest absolute Gasteiger partial charge is 0.478 e. The summed E-state index contributed by atoms with van der Waals surface area (Å²) >= 11 is 0. The molecule has 3 nitrogen and oxygen atoms in total. The van der Waals surface area contributed by atoms with Gasteiger partial charge in [-0.15, -0.1) is 0 Å². The maximum atomic E-state index is 14.0. The summed E-state index contributed by atoms with van der Waals surface area (Å²) in [5.41, 5.74) is -2.03. The minimum atomic E-state index is -8.09. The fraction of sp³-hybridized carbons (Fsp3) is 0.769. The van der Waals surface area contributed by atoms with E-state index in [9.17, 15) is 61.9 Å². The molecule has 0 saturated heterocycles. The Kier molecular flexibility index (Phi) is 7.05. The van der Waals surface area contributed by atoms with E-state index in [1.807, 2.05) is 0 Å². The molecule has 0 fully saturated rings. The van der Waals surface area contributed by atoms with Crippen molar-refractivity contribution in [3.05, 3.63) is 12.2 Å². The van der Waals surface area contributed by atoms with E-state index in [1.54, 1.807) is 0 Å². The van der Waals surface area contributed by atoms with Crippen LogP contribution in [0.1, 0.15) is 13.3 Å². The van der Waals surface area contributed by atoms with Crippen molar-refractivity contribution in [1.82, 2.24) is 0 Å². The van der Waals surface area contributed by atoms with E-state index in [-0.39, 0.29) is 0 Å². The third-order valence-electron chi connectivity index (χ3n) is 3.67. The number of aliphatic hydroxyl groups excluding tert-OH is 1. The molecule has 0 aliphatic rings. The van der Waals surface area contributed by atoms with Gasteiger partial charge < -0.3 is 10.2 Å². The third kappa shape index (κ3) is 4.12. The highest BCUT2D eigenvalue weighted by Gasteiger charge is 2.91. The van der Waals surface area contributed by atoms with Crippen molar-refractivity contribution in [2.45, 2.75) is 55.2 Å². The van der Waals surface area contributed by atoms with Crippen LogP contribution in [0, 0.1) is 5.92 Å². The number of halogens is 13. The van der Waals surface area contributed by atoms with Gasteiger partial charge in [-0.05, 0) is 13.3 Å². The summed E-state index contributed by atoms with van der Waals surface area (Å²) in [6.07, 6.45) is -11.5. The molecule has 0 heterocycles. The molecule has 0 spiro atoms. The van der Waals surface area contributed by atoms with Gasteiger partial charge in [-0.3, -0.25) is 0 Å². The summed E-state index contributed by atoms with van der Waals surface area (Å²) < 4.78 is 170. The molecule has 2 atom stereocenters. The Hall–Kier alpha value is -1.74. The molecule has 16 heteroatoms. The Bertz CT molecular complexity index is 636. The molecule has 0 aliphatic heterocycles. The fourth-order valence-electron chi connectivity index (χ4n) is 2.00. The zero-order valence-corrected chi connectivity index (χ0v) is 13.8. The average molecular weight is 462 g/mol. The van der Waals surface area contributed by atoms with Crippen LogP contribution in [0.4, 0.5) is 57.1 Å². The van der Waals surface area contributed by atoms with Gasteiger partial charge in [0.1, 0.15) is 0 Å². The Labute approximate surface area is 152 Å². The summed E-state index contributed by atoms with van der Waals surface area (Å²) in [6.45, 7) is 2.88. The average Bonchev–Trinajstić information content (AvgIpc) is 2.49. The summed E-state index contributed by atoms with van der Waals surface area (Å²) in [5, 5.41) is 17.5. The van der Waals surface area contributed by atoms with Gasteiger partial charge in [-0.25, -0.2) is 4.79 Å². The second kappa shape index (κ2) is 7.50. The zero-order valence-electron chi connectivity index (χ0n) is 13.8. The molecule has 2 unspecified atom stereocenters. The van der Waals surface area contributed by atoms with Crippen molar-refractivity contribution in [1.29, 1.82) is 0 Å². The van der Waals surface area contributed by atoms with Crippen molar-refractivity contribution in [3.63, 3.8) is 0 Å². The molecule has 0 aromatic heterocycles. The second-order valence-electron chi connectivity index (χ2n) is 5.89. The monoisotopic (exact) mass is 462 g/mol. The smallest absolute Gasteiger partial charge is 0.460 e. The molecule has 0 aromatic rings. The van der Waals surface area contributed by atoms with Gasteiger partial charge in [0.05, 0.1) is 12.0 Å². The molecule has 0 radical (unpaired) electrons. The van der Waals surface area contributed by atoms with Gasteiger partial charge in [0.15, 0.2) is 0 Å². The quantitative estimate of drug-likeness (QED) is 0.384. The lowest BCUT2D eigenvalue weighted by Crippen LogP contribution is -2.71. The van der Waals surface area contributed by atoms with Gasteiger partial charge in [0, 0.05) is 5.57 Å². The molecule has 0 amide bonds. The minimum absolute atomic E-state index is 0.543. The lowest BCUT2D eigenvalue weighted by atomic mass is 9.81. The summed E-state index contributed by atoms with van der Waals surface area (Å²) in [6, 6.07) is 0. The Morgan fingerprint density at radius 2 is 1.14 bits per heavy atom. The standard InChI is InChI=1S/C13H11F13O3/c1-4(27)3-6(5(2)7(28)29)8(14,15)9(16,17)10(18,19)11(20,21)12(22,23)13(24,25)26/h4,6,27H,2-3H2,1H3,(H,28,29). The van der Waals surface area contributed by atoms with Crippen molar-refractivity contribution >= 4 is 5.97 Å². The SMILES string of the molecule is C=C(C(=O)O)C(CC(C)O)C(F)(F)C(F)(F)C(F)(F)C(F)(F)C(F)(F)C(F)(F)F. The number of carboxylic acids is 1. The first-order valence-electron chi connectivity index (χ1n) is 6.97. The van der Waals surface area contributed by atoms with Crippen LogP contribution >= 0.6 is 0 Å². The van der Waals surface area contributed by atoms with Crippen LogP contribution in [0.5, 0.6) is 0 Å². The first-order chi connectivity index (χ1) is 12.4. The van der Waals surface area contributed by atoms with Crippen molar-refractivity contribution in [2.24, 2.45) is 5.92 Å². The van der Waals surface area contributed by atoms with E-state index >= 15 is 0 Å². The highest BCUT2D eigenvalue weighted by Crippen LogP contribution is 2.62. The number of carboxylic acid groups (broad SMARTS) is 1. The molecule has 0 aromatic carbocycles.